The van der Waals surface area contributed by atoms with Crippen molar-refractivity contribution in [1.82, 2.24) is 4.57 Å². The number of ether oxygens (including phenoxy) is 1. The Balaban J connectivity index is 2.05. The first-order valence-corrected chi connectivity index (χ1v) is 12.4. The first-order valence-electron chi connectivity index (χ1n) is 8.71. The SMILES string of the molecule is COc1cc(-n2ccc3oc(Br)cc3c2=O)ccc1O[Si](C)(C)C(C)(C)C. The zero-order valence-electron chi connectivity index (χ0n) is 16.4. The summed E-state index contributed by atoms with van der Waals surface area (Å²) in [7, 11) is -0.393. The second-order valence-electron chi connectivity index (χ2n) is 8.02. The molecule has 2 aromatic heterocycles. The Hall–Kier alpha value is -1.99. The minimum atomic E-state index is -2.00. The summed E-state index contributed by atoms with van der Waals surface area (Å²) in [5.74, 6) is 1.31. The summed E-state index contributed by atoms with van der Waals surface area (Å²) in [5.41, 5.74) is 1.11. The molecular weight excluding hydrogens is 426 g/mol. The molecule has 0 N–H and O–H groups in total. The summed E-state index contributed by atoms with van der Waals surface area (Å²) in [6, 6.07) is 9.02. The van der Waals surface area contributed by atoms with Crippen LogP contribution in [0.15, 0.2) is 50.4 Å². The molecule has 0 bridgehead atoms. The van der Waals surface area contributed by atoms with Crippen LogP contribution in [0.25, 0.3) is 16.7 Å². The van der Waals surface area contributed by atoms with E-state index in [4.69, 9.17) is 13.6 Å². The van der Waals surface area contributed by atoms with Gasteiger partial charge in [0.05, 0.1) is 18.2 Å². The fourth-order valence-electron chi connectivity index (χ4n) is 2.53. The first-order chi connectivity index (χ1) is 12.5. The van der Waals surface area contributed by atoms with E-state index in [1.807, 2.05) is 18.2 Å². The zero-order valence-corrected chi connectivity index (χ0v) is 19.0. The van der Waals surface area contributed by atoms with Crippen molar-refractivity contribution < 1.29 is 13.6 Å². The van der Waals surface area contributed by atoms with Crippen molar-refractivity contribution in [2.75, 3.05) is 7.11 Å². The van der Waals surface area contributed by atoms with Gasteiger partial charge < -0.3 is 13.6 Å². The van der Waals surface area contributed by atoms with E-state index in [1.165, 1.54) is 0 Å². The topological polar surface area (TPSA) is 53.6 Å². The maximum atomic E-state index is 12.8. The average molecular weight is 450 g/mol. The second kappa shape index (κ2) is 6.87. The predicted molar refractivity (Wildman–Crippen MR) is 114 cm³/mol. The Morgan fingerprint density at radius 3 is 2.44 bits per heavy atom. The molecule has 0 saturated carbocycles. The lowest BCUT2D eigenvalue weighted by molar-refractivity contribution is 0.385. The van der Waals surface area contributed by atoms with E-state index >= 15 is 0 Å². The van der Waals surface area contributed by atoms with E-state index in [0.29, 0.717) is 32.8 Å². The maximum Gasteiger partial charge on any atom is 0.266 e. The Morgan fingerprint density at radius 1 is 1.11 bits per heavy atom. The summed E-state index contributed by atoms with van der Waals surface area (Å²) >= 11 is 3.27. The third-order valence-corrected chi connectivity index (χ3v) is 9.88. The highest BCUT2D eigenvalue weighted by atomic mass is 79.9. The molecule has 3 rings (SSSR count). The fourth-order valence-corrected chi connectivity index (χ4v) is 3.95. The number of benzene rings is 1. The van der Waals surface area contributed by atoms with E-state index in [2.05, 4.69) is 49.8 Å². The normalized spacial score (nSPS) is 12.4. The molecule has 0 aliphatic carbocycles. The average Bonchev–Trinajstić information content (AvgIpc) is 2.96. The number of furan rings is 1. The van der Waals surface area contributed by atoms with Crippen molar-refractivity contribution >= 4 is 35.2 Å². The van der Waals surface area contributed by atoms with E-state index in [-0.39, 0.29) is 10.6 Å². The molecule has 0 aliphatic heterocycles. The third kappa shape index (κ3) is 3.71. The van der Waals surface area contributed by atoms with Crippen LogP contribution in [-0.2, 0) is 0 Å². The van der Waals surface area contributed by atoms with Crippen LogP contribution in [0.1, 0.15) is 20.8 Å². The number of halogens is 1. The number of pyridine rings is 1. The minimum absolute atomic E-state index is 0.0767. The van der Waals surface area contributed by atoms with Gasteiger partial charge in [-0.2, -0.15) is 0 Å². The van der Waals surface area contributed by atoms with Crippen molar-refractivity contribution in [2.24, 2.45) is 0 Å². The van der Waals surface area contributed by atoms with Crippen LogP contribution in [0.4, 0.5) is 0 Å². The van der Waals surface area contributed by atoms with Crippen molar-refractivity contribution in [3.05, 3.63) is 51.6 Å². The van der Waals surface area contributed by atoms with E-state index in [9.17, 15) is 4.79 Å². The Morgan fingerprint density at radius 2 is 1.81 bits per heavy atom. The maximum absolute atomic E-state index is 12.8. The van der Waals surface area contributed by atoms with Gasteiger partial charge in [0.2, 0.25) is 0 Å². The summed E-state index contributed by atoms with van der Waals surface area (Å²) in [4.78, 5) is 12.8. The second-order valence-corrected chi connectivity index (χ2v) is 13.5. The summed E-state index contributed by atoms with van der Waals surface area (Å²) < 4.78 is 19.5. The van der Waals surface area contributed by atoms with Gasteiger partial charge >= 0.3 is 0 Å². The lowest BCUT2D eigenvalue weighted by Gasteiger charge is -2.36. The molecule has 1 aromatic carbocycles. The van der Waals surface area contributed by atoms with Gasteiger partial charge in [-0.15, -0.1) is 0 Å². The number of hydrogen-bond acceptors (Lipinski definition) is 4. The molecule has 0 unspecified atom stereocenters. The van der Waals surface area contributed by atoms with Crippen molar-refractivity contribution in [3.8, 4) is 17.2 Å². The van der Waals surface area contributed by atoms with Gasteiger partial charge in [-0.25, -0.2) is 0 Å². The first kappa shape index (κ1) is 19.8. The van der Waals surface area contributed by atoms with Gasteiger partial charge in [-0.05, 0) is 52.3 Å². The van der Waals surface area contributed by atoms with E-state index < -0.39 is 8.32 Å². The third-order valence-electron chi connectivity index (χ3n) is 5.15. The number of methoxy groups -OCH3 is 1. The lowest BCUT2D eigenvalue weighted by Crippen LogP contribution is -2.43. The molecule has 3 aromatic rings. The molecule has 0 fully saturated rings. The molecule has 0 saturated heterocycles. The molecule has 0 radical (unpaired) electrons. The molecular formula is C20H24BrNO4Si. The summed E-state index contributed by atoms with van der Waals surface area (Å²) in [6.45, 7) is 11.0. The lowest BCUT2D eigenvalue weighted by atomic mass is 10.2. The molecule has 0 spiro atoms. The Labute approximate surface area is 168 Å². The zero-order chi connectivity index (χ0) is 20.0. The quantitative estimate of drug-likeness (QED) is 0.476. The smallest absolute Gasteiger partial charge is 0.266 e. The number of aromatic nitrogens is 1. The molecule has 0 atom stereocenters. The van der Waals surface area contributed by atoms with Crippen LogP contribution in [-0.4, -0.2) is 20.0 Å². The van der Waals surface area contributed by atoms with Crippen LogP contribution in [0.3, 0.4) is 0 Å². The Bertz CT molecular complexity index is 1050. The number of rotatable bonds is 4. The van der Waals surface area contributed by atoms with Gasteiger partial charge in [0, 0.05) is 18.3 Å². The molecule has 0 amide bonds. The predicted octanol–water partition coefficient (Wildman–Crippen LogP) is 5.74. The van der Waals surface area contributed by atoms with Crippen LogP contribution in [0.5, 0.6) is 11.5 Å². The van der Waals surface area contributed by atoms with Crippen molar-refractivity contribution in [2.45, 2.75) is 38.9 Å². The van der Waals surface area contributed by atoms with Gasteiger partial charge in [0.15, 0.2) is 10.4 Å². The largest absolute Gasteiger partial charge is 0.541 e. The molecule has 0 aliphatic rings. The van der Waals surface area contributed by atoms with Gasteiger partial charge in [-0.1, -0.05) is 20.8 Å². The van der Waals surface area contributed by atoms with E-state index in [0.717, 1.165) is 0 Å². The monoisotopic (exact) mass is 449 g/mol. The standard InChI is InChI=1S/C20H24BrNO4Si/c1-20(2,3)27(5,6)26-16-8-7-13(11-17(16)24-4)22-10-9-15-14(19(22)23)12-18(21)25-15/h7-12H,1-6H3. The molecule has 2 heterocycles. The molecule has 5 nitrogen and oxygen atoms in total. The summed E-state index contributed by atoms with van der Waals surface area (Å²) in [5, 5.41) is 0.595. The van der Waals surface area contributed by atoms with E-state index in [1.54, 1.807) is 30.0 Å². The van der Waals surface area contributed by atoms with Crippen LogP contribution in [0.2, 0.25) is 18.1 Å². The van der Waals surface area contributed by atoms with Crippen molar-refractivity contribution in [3.63, 3.8) is 0 Å². The number of nitrogens with zero attached hydrogens (tertiary/aromatic N) is 1. The Kier molecular flexibility index (Phi) is 5.03. The van der Waals surface area contributed by atoms with Crippen molar-refractivity contribution in [1.29, 1.82) is 0 Å². The van der Waals surface area contributed by atoms with Gasteiger partial charge in [0.1, 0.15) is 11.3 Å². The van der Waals surface area contributed by atoms with Gasteiger partial charge in [0.25, 0.3) is 13.9 Å². The number of hydrogen-bond donors (Lipinski definition) is 0. The molecule has 27 heavy (non-hydrogen) atoms. The highest BCUT2D eigenvalue weighted by molar-refractivity contribution is 9.10. The summed E-state index contributed by atoms with van der Waals surface area (Å²) in [6.07, 6.45) is 1.70. The van der Waals surface area contributed by atoms with Gasteiger partial charge in [-0.3, -0.25) is 9.36 Å². The fraction of sp³-hybridized carbons (Fsp3) is 0.350. The minimum Gasteiger partial charge on any atom is -0.541 e. The van der Waals surface area contributed by atoms with Crippen LogP contribution < -0.4 is 14.7 Å². The highest BCUT2D eigenvalue weighted by Crippen LogP contribution is 2.40. The molecule has 144 valence electrons. The van der Waals surface area contributed by atoms with Crippen LogP contribution >= 0.6 is 15.9 Å². The molecule has 7 heteroatoms. The van der Waals surface area contributed by atoms with Crippen LogP contribution in [0, 0.1) is 0 Å². The number of fused-ring (bicyclic) bond motifs is 1. The highest BCUT2D eigenvalue weighted by Gasteiger charge is 2.39.